The topological polar surface area (TPSA) is 275 Å². The quantitative estimate of drug-likeness (QED) is 0.0381. The zero-order valence-electron chi connectivity index (χ0n) is 32.9. The van der Waals surface area contributed by atoms with Crippen molar-refractivity contribution in [3.8, 4) is 0 Å². The number of likely N-dealkylation sites (N-methyl/N-ethyl adjacent to an activating group) is 1. The summed E-state index contributed by atoms with van der Waals surface area (Å²) >= 11 is 19.0. The van der Waals surface area contributed by atoms with Gasteiger partial charge in [-0.1, -0.05) is 36.5 Å². The number of non-ortho nitro benzene ring substituents is 1. The van der Waals surface area contributed by atoms with E-state index in [0.717, 1.165) is 43.3 Å². The summed E-state index contributed by atoms with van der Waals surface area (Å²) in [7, 11) is 1.86. The molecule has 2 fully saturated rings. The second-order valence-electron chi connectivity index (χ2n) is 15.1. The van der Waals surface area contributed by atoms with Crippen LogP contribution in [-0.2, 0) is 33.4 Å². The van der Waals surface area contributed by atoms with Gasteiger partial charge in [0, 0.05) is 25.1 Å². The fourth-order valence-corrected chi connectivity index (χ4v) is 8.82. The van der Waals surface area contributed by atoms with Crippen LogP contribution < -0.4 is 10.6 Å². The first kappa shape index (κ1) is 50.3. The van der Waals surface area contributed by atoms with Crippen molar-refractivity contribution >= 4 is 82.0 Å². The Morgan fingerprint density at radius 1 is 1.10 bits per heavy atom. The number of rotatable bonds is 22. The molecule has 2 aliphatic heterocycles. The number of aliphatic carboxylic acids is 2. The predicted molar refractivity (Wildman–Crippen MR) is 217 cm³/mol. The van der Waals surface area contributed by atoms with Crippen LogP contribution in [0, 0.1) is 21.4 Å². The van der Waals surface area contributed by atoms with E-state index in [1.807, 2.05) is 11.9 Å². The van der Waals surface area contributed by atoms with Crippen molar-refractivity contribution in [2.45, 2.75) is 130 Å². The Morgan fingerprint density at radius 2 is 1.75 bits per heavy atom. The van der Waals surface area contributed by atoms with E-state index in [0.29, 0.717) is 12.3 Å². The van der Waals surface area contributed by atoms with Gasteiger partial charge in [-0.25, -0.2) is 0 Å². The van der Waals surface area contributed by atoms with Crippen molar-refractivity contribution in [1.29, 1.82) is 0 Å². The SMILES string of the molecule is CCCC1CC(C(=O)N[C@H](C(C)Cl)[C@H]2O[C@H](SC)[C@H](OC(=O)CCCC(CC(=O)O)(CC(NC(=O)C(Cl)Cl)C(O)c3ccc([N+](=O)[O-])cc3)C(=O)O)[C@@H](O)[C@H]2O)N(C)C1. The number of carbonyl (C=O) groups excluding carboxylic acids is 3. The third kappa shape index (κ3) is 13.5. The van der Waals surface area contributed by atoms with Gasteiger partial charge in [-0.15, -0.1) is 23.4 Å². The average Bonchev–Trinajstić information content (AvgIpc) is 3.54. The highest BCUT2D eigenvalue weighted by molar-refractivity contribution is 7.99. The van der Waals surface area contributed by atoms with Crippen LogP contribution in [0.15, 0.2) is 24.3 Å². The van der Waals surface area contributed by atoms with Crippen LogP contribution in [0.1, 0.15) is 76.9 Å². The van der Waals surface area contributed by atoms with E-state index in [9.17, 15) is 59.6 Å². The summed E-state index contributed by atoms with van der Waals surface area (Å²) in [5.41, 5.74) is -3.59. The van der Waals surface area contributed by atoms with Crippen molar-refractivity contribution in [2.24, 2.45) is 11.3 Å². The zero-order valence-corrected chi connectivity index (χ0v) is 36.0. The molecule has 1 aromatic carbocycles. The molecule has 1 aromatic rings. The monoisotopic (exact) mass is 914 g/mol. The average molecular weight is 916 g/mol. The minimum atomic E-state index is -2.22. The molecule has 2 heterocycles. The number of hydrogen-bond donors (Lipinski definition) is 7. The number of aliphatic hydroxyl groups excluding tert-OH is 3. The number of benzene rings is 1. The first-order valence-corrected chi connectivity index (χ1v) is 21.6. The molecule has 0 aromatic heterocycles. The number of ether oxygens (including phenoxy) is 2. The number of aliphatic hydroxyl groups is 3. The van der Waals surface area contributed by atoms with Crippen LogP contribution in [0.4, 0.5) is 5.69 Å². The predicted octanol–water partition coefficient (Wildman–Crippen LogP) is 2.98. The lowest BCUT2D eigenvalue weighted by atomic mass is 9.73. The summed E-state index contributed by atoms with van der Waals surface area (Å²) < 4.78 is 11.7. The number of carboxylic acid groups (broad SMARTS) is 2. The van der Waals surface area contributed by atoms with Crippen molar-refractivity contribution in [1.82, 2.24) is 15.5 Å². The molecular weight excluding hydrogens is 863 g/mol. The van der Waals surface area contributed by atoms with Gasteiger partial charge in [0.05, 0.1) is 46.4 Å². The van der Waals surface area contributed by atoms with Crippen molar-refractivity contribution in [3.63, 3.8) is 0 Å². The standard InChI is InChI=1S/C37H53Cl3N4O14S/c1-5-7-19-14-23(43(3)17-19)33(51)42-26(18(2)38)30-28(49)29(50)31(35(58-30)59-4)57-25(47)8-6-13-37(36(53)54,16-24(45)46)15-22(41-34(52)32(39)40)27(48)20-9-11-21(12-10-20)44(55)56/h9-12,18-19,22-23,26-32,35,48-50H,5-8,13-17H2,1-4H3,(H,41,52)(H,42,51)(H,45,46)(H,53,54)/t18?,19?,22?,23?,26-,27?,28-,29+,30-,31-,35-,37?/m1/s1. The van der Waals surface area contributed by atoms with Gasteiger partial charge in [0.25, 0.3) is 11.6 Å². The number of likely N-dealkylation sites (tertiary alicyclic amines) is 1. The molecule has 0 bridgehead atoms. The van der Waals surface area contributed by atoms with Crippen LogP contribution >= 0.6 is 46.6 Å². The van der Waals surface area contributed by atoms with Gasteiger partial charge >= 0.3 is 17.9 Å². The molecule has 332 valence electrons. The highest BCUT2D eigenvalue weighted by atomic mass is 35.5. The second-order valence-corrected chi connectivity index (χ2v) is 17.8. The Hall–Kier alpha value is -3.01. The first-order valence-electron chi connectivity index (χ1n) is 19.0. The van der Waals surface area contributed by atoms with Gasteiger partial charge < -0.3 is 45.6 Å². The highest BCUT2D eigenvalue weighted by Gasteiger charge is 2.51. The molecular formula is C37H53Cl3N4O14S. The Kier molecular flexibility index (Phi) is 19.4. The number of nitro groups is 1. The Labute approximate surface area is 360 Å². The number of halogens is 3. The summed E-state index contributed by atoms with van der Waals surface area (Å²) in [5, 5.41) is 69.6. The maximum absolute atomic E-state index is 13.4. The van der Waals surface area contributed by atoms with Gasteiger partial charge in [-0.2, -0.15) is 0 Å². The fraction of sp³-hybridized carbons (Fsp3) is 0.703. The summed E-state index contributed by atoms with van der Waals surface area (Å²) in [4.78, 5) is 74.9. The molecule has 6 unspecified atom stereocenters. The Bertz CT molecular complexity index is 1630. The molecule has 2 aliphatic rings. The number of nitrogens with one attached hydrogen (secondary N) is 2. The molecule has 0 aliphatic carbocycles. The minimum absolute atomic E-state index is 0.0111. The van der Waals surface area contributed by atoms with E-state index < -0.39 is 124 Å². The lowest BCUT2D eigenvalue weighted by molar-refractivity contribution is -0.384. The second kappa shape index (κ2) is 22.7. The number of alkyl halides is 3. The third-order valence-electron chi connectivity index (χ3n) is 10.8. The normalized spacial score (nSPS) is 26.5. The van der Waals surface area contributed by atoms with E-state index in [-0.39, 0.29) is 23.6 Å². The van der Waals surface area contributed by atoms with Gasteiger partial charge in [0.1, 0.15) is 23.7 Å². The molecule has 2 saturated heterocycles. The minimum Gasteiger partial charge on any atom is -0.481 e. The summed E-state index contributed by atoms with van der Waals surface area (Å²) in [6, 6.07) is 1.56. The van der Waals surface area contributed by atoms with Crippen LogP contribution in [-0.4, -0.2) is 143 Å². The Morgan fingerprint density at radius 3 is 2.27 bits per heavy atom. The first-order chi connectivity index (χ1) is 27.7. The number of nitro benzene ring substituents is 1. The van der Waals surface area contributed by atoms with Crippen LogP contribution in [0.5, 0.6) is 0 Å². The van der Waals surface area contributed by atoms with E-state index >= 15 is 0 Å². The smallest absolute Gasteiger partial charge is 0.310 e. The van der Waals surface area contributed by atoms with Crippen molar-refractivity contribution < 1.29 is 63.9 Å². The maximum Gasteiger partial charge on any atom is 0.310 e. The van der Waals surface area contributed by atoms with Gasteiger partial charge in [-0.05, 0) is 75.9 Å². The van der Waals surface area contributed by atoms with Crippen LogP contribution in [0.2, 0.25) is 0 Å². The molecule has 0 spiro atoms. The number of amides is 2. The molecule has 2 amide bonds. The zero-order chi connectivity index (χ0) is 44.4. The molecule has 18 nitrogen and oxygen atoms in total. The fourth-order valence-electron chi connectivity index (χ4n) is 7.76. The molecule has 22 heteroatoms. The number of carboxylic acids is 2. The van der Waals surface area contributed by atoms with Gasteiger partial charge in [-0.3, -0.25) is 39.0 Å². The van der Waals surface area contributed by atoms with Gasteiger partial charge in [0.15, 0.2) is 10.9 Å². The summed E-state index contributed by atoms with van der Waals surface area (Å²) in [6.45, 7) is 4.43. The summed E-state index contributed by atoms with van der Waals surface area (Å²) in [5.74, 6) is -5.15. The number of carbonyl (C=O) groups is 5. The van der Waals surface area contributed by atoms with Gasteiger partial charge in [0.2, 0.25) is 5.91 Å². The molecule has 12 atom stereocenters. The van der Waals surface area contributed by atoms with E-state index in [1.165, 1.54) is 12.1 Å². The number of thioether (sulfide) groups is 1. The van der Waals surface area contributed by atoms with E-state index in [4.69, 9.17) is 44.3 Å². The van der Waals surface area contributed by atoms with E-state index in [1.54, 1.807) is 13.2 Å². The number of esters is 1. The largest absolute Gasteiger partial charge is 0.481 e. The third-order valence-corrected chi connectivity index (χ3v) is 12.3. The summed E-state index contributed by atoms with van der Waals surface area (Å²) in [6.07, 6.45) is -6.60. The van der Waals surface area contributed by atoms with Crippen LogP contribution in [0.3, 0.4) is 0 Å². The van der Waals surface area contributed by atoms with Crippen LogP contribution in [0.25, 0.3) is 0 Å². The molecule has 0 radical (unpaired) electrons. The maximum atomic E-state index is 13.4. The number of nitrogens with zero attached hydrogens (tertiary/aromatic N) is 2. The Balaban J connectivity index is 1.76. The lowest BCUT2D eigenvalue weighted by Crippen LogP contribution is -2.65. The molecule has 7 N–H and O–H groups in total. The molecule has 59 heavy (non-hydrogen) atoms. The number of hydrogen-bond acceptors (Lipinski definition) is 14. The molecule has 3 rings (SSSR count). The highest BCUT2D eigenvalue weighted by Crippen LogP contribution is 2.39. The van der Waals surface area contributed by atoms with E-state index in [2.05, 4.69) is 17.6 Å². The molecule has 0 saturated carbocycles. The van der Waals surface area contributed by atoms with Crippen molar-refractivity contribution in [3.05, 3.63) is 39.9 Å². The lowest BCUT2D eigenvalue weighted by Gasteiger charge is -2.45. The van der Waals surface area contributed by atoms with Crippen molar-refractivity contribution in [2.75, 3.05) is 19.8 Å².